The number of nitrogens with zero attached hydrogens (tertiary/aromatic N) is 4. The summed E-state index contributed by atoms with van der Waals surface area (Å²) < 4.78 is 2.50. The summed E-state index contributed by atoms with van der Waals surface area (Å²) in [5, 5.41) is 0.345. The second kappa shape index (κ2) is 11.7. The Balaban J connectivity index is 1.07. The molecule has 0 spiro atoms. The maximum atomic E-state index is 13.6. The van der Waals surface area contributed by atoms with Crippen LogP contribution in [0.1, 0.15) is 83.1 Å². The zero-order valence-electron chi connectivity index (χ0n) is 25.3. The van der Waals surface area contributed by atoms with Gasteiger partial charge in [-0.2, -0.15) is 0 Å². The molecule has 2 bridgehead atoms. The second-order valence-corrected chi connectivity index (χ2v) is 13.4. The fraction of sp³-hybridized carbons (Fsp3) is 0.417. The molecule has 2 amide bonds. The van der Waals surface area contributed by atoms with Crippen LogP contribution in [-0.4, -0.2) is 62.9 Å². The molecule has 3 aliphatic heterocycles. The van der Waals surface area contributed by atoms with E-state index in [4.69, 9.17) is 22.3 Å². The van der Waals surface area contributed by atoms with Crippen molar-refractivity contribution in [3.05, 3.63) is 100 Å². The molecule has 4 heterocycles. The minimum Gasteiger partial charge on any atom is -0.366 e. The average Bonchev–Trinajstić information content (AvgIpc) is 3.50. The van der Waals surface area contributed by atoms with E-state index in [9.17, 15) is 9.59 Å². The Morgan fingerprint density at radius 3 is 2.32 bits per heavy atom. The third-order valence-electron chi connectivity index (χ3n) is 10.7. The van der Waals surface area contributed by atoms with E-state index >= 15 is 0 Å². The third kappa shape index (κ3) is 5.20. The van der Waals surface area contributed by atoms with Crippen LogP contribution in [0, 0.1) is 6.92 Å². The number of aromatic nitrogens is 2. The highest BCUT2D eigenvalue weighted by Crippen LogP contribution is 2.45. The summed E-state index contributed by atoms with van der Waals surface area (Å²) in [6.07, 6.45) is 7.72. The highest BCUT2D eigenvalue weighted by molar-refractivity contribution is 6.34. The molecule has 3 saturated heterocycles. The maximum absolute atomic E-state index is 13.6. The molecular weight excluding hydrogens is 570 g/mol. The van der Waals surface area contributed by atoms with Gasteiger partial charge in [0.05, 0.1) is 21.6 Å². The number of fused-ring (bicyclic) bond motifs is 3. The van der Waals surface area contributed by atoms with Crippen LogP contribution in [0.2, 0.25) is 5.02 Å². The fourth-order valence-electron chi connectivity index (χ4n) is 8.42. The number of hydrogen-bond donors (Lipinski definition) is 1. The number of nitrogens with two attached hydrogens (primary N) is 1. The van der Waals surface area contributed by atoms with Crippen molar-refractivity contribution in [3.63, 3.8) is 0 Å². The number of aryl methyl sites for hydroxylation is 1. The standard InChI is InChI=1S/C36H40ClN5O2/c1-24-39-32-9-5-6-10-33(32)42(24)29-22-27-12-13-28(23-29)41(27)20-17-36(26-7-3-2-4-8-26)15-18-40(19-16-36)35(44)30-21-25(34(38)43)11-14-31(30)37/h2-11,14,21,27-29H,12-13,15-20,22-23H2,1H3,(H2,38,43)/t27-,28+,29?. The van der Waals surface area contributed by atoms with Crippen LogP contribution in [0.4, 0.5) is 0 Å². The zero-order valence-corrected chi connectivity index (χ0v) is 26.0. The molecule has 3 aliphatic rings. The summed E-state index contributed by atoms with van der Waals surface area (Å²) in [7, 11) is 0. The molecule has 7 rings (SSSR count). The molecule has 7 nitrogen and oxygen atoms in total. The lowest BCUT2D eigenvalue weighted by Gasteiger charge is -2.45. The lowest BCUT2D eigenvalue weighted by Crippen LogP contribution is -2.49. The third-order valence-corrected chi connectivity index (χ3v) is 11.1. The fourth-order valence-corrected chi connectivity index (χ4v) is 8.61. The van der Waals surface area contributed by atoms with Gasteiger partial charge in [-0.3, -0.25) is 14.5 Å². The zero-order chi connectivity index (χ0) is 30.4. The van der Waals surface area contributed by atoms with Crippen molar-refractivity contribution in [2.75, 3.05) is 19.6 Å². The lowest BCUT2D eigenvalue weighted by molar-refractivity contribution is 0.0607. The predicted octanol–water partition coefficient (Wildman–Crippen LogP) is 6.53. The molecule has 8 heteroatoms. The Morgan fingerprint density at radius 1 is 0.932 bits per heavy atom. The smallest absolute Gasteiger partial charge is 0.255 e. The Labute approximate surface area is 264 Å². The van der Waals surface area contributed by atoms with Crippen LogP contribution in [0.25, 0.3) is 11.0 Å². The number of likely N-dealkylation sites (tertiary alicyclic amines) is 1. The molecule has 0 aliphatic carbocycles. The number of imidazole rings is 1. The van der Waals surface area contributed by atoms with Gasteiger partial charge in [-0.05, 0) is 99.7 Å². The van der Waals surface area contributed by atoms with Gasteiger partial charge in [0, 0.05) is 36.8 Å². The molecule has 0 radical (unpaired) electrons. The molecular formula is C36H40ClN5O2. The van der Waals surface area contributed by atoms with Crippen molar-refractivity contribution in [1.82, 2.24) is 19.4 Å². The van der Waals surface area contributed by atoms with Gasteiger partial charge in [0.15, 0.2) is 0 Å². The number of carbonyl (C=O) groups is 2. The van der Waals surface area contributed by atoms with Crippen LogP contribution in [0.15, 0.2) is 72.8 Å². The Kier molecular flexibility index (Phi) is 7.71. The summed E-state index contributed by atoms with van der Waals surface area (Å²) in [6.45, 7) is 4.51. The minimum absolute atomic E-state index is 0.00430. The number of para-hydroxylation sites is 2. The number of primary amides is 1. The van der Waals surface area contributed by atoms with Gasteiger partial charge in [0.1, 0.15) is 5.82 Å². The van der Waals surface area contributed by atoms with Crippen LogP contribution in [0.5, 0.6) is 0 Å². The molecule has 1 aromatic heterocycles. The van der Waals surface area contributed by atoms with E-state index in [-0.39, 0.29) is 11.3 Å². The monoisotopic (exact) mass is 609 g/mol. The summed E-state index contributed by atoms with van der Waals surface area (Å²) in [6, 6.07) is 25.8. The molecule has 228 valence electrons. The van der Waals surface area contributed by atoms with E-state index < -0.39 is 5.91 Å². The van der Waals surface area contributed by atoms with E-state index in [1.165, 1.54) is 42.8 Å². The van der Waals surface area contributed by atoms with Crippen molar-refractivity contribution in [1.29, 1.82) is 0 Å². The Bertz CT molecular complexity index is 1680. The van der Waals surface area contributed by atoms with Crippen LogP contribution >= 0.6 is 11.6 Å². The summed E-state index contributed by atoms with van der Waals surface area (Å²) in [5.41, 5.74) is 9.84. The molecule has 44 heavy (non-hydrogen) atoms. The summed E-state index contributed by atoms with van der Waals surface area (Å²) >= 11 is 6.41. The SMILES string of the molecule is Cc1nc2ccccc2n1C1C[C@H]2CC[C@@H](C1)N2CCC1(c2ccccc2)CCN(C(=O)c2cc(C(N)=O)ccc2Cl)CC1. The topological polar surface area (TPSA) is 84.5 Å². The lowest BCUT2D eigenvalue weighted by atomic mass is 9.70. The molecule has 4 aromatic rings. The first-order valence-electron chi connectivity index (χ1n) is 16.0. The van der Waals surface area contributed by atoms with Crippen molar-refractivity contribution in [2.24, 2.45) is 5.73 Å². The number of benzene rings is 3. The van der Waals surface area contributed by atoms with E-state index in [2.05, 4.69) is 71.0 Å². The molecule has 1 unspecified atom stereocenters. The van der Waals surface area contributed by atoms with Crippen molar-refractivity contribution in [3.8, 4) is 0 Å². The largest absolute Gasteiger partial charge is 0.366 e. The molecule has 2 N–H and O–H groups in total. The highest BCUT2D eigenvalue weighted by Gasteiger charge is 2.44. The first-order chi connectivity index (χ1) is 21.3. The van der Waals surface area contributed by atoms with Crippen LogP contribution in [-0.2, 0) is 5.41 Å². The van der Waals surface area contributed by atoms with Gasteiger partial charge in [0.2, 0.25) is 5.91 Å². The van der Waals surface area contributed by atoms with Gasteiger partial charge in [-0.25, -0.2) is 4.98 Å². The number of rotatable bonds is 7. The van der Waals surface area contributed by atoms with Gasteiger partial charge < -0.3 is 15.2 Å². The summed E-state index contributed by atoms with van der Waals surface area (Å²) in [5.74, 6) is 0.419. The quantitative estimate of drug-likeness (QED) is 0.258. The van der Waals surface area contributed by atoms with Gasteiger partial charge in [-0.15, -0.1) is 0 Å². The minimum atomic E-state index is -0.566. The number of carbonyl (C=O) groups excluding carboxylic acids is 2. The van der Waals surface area contributed by atoms with E-state index in [1.807, 2.05) is 4.90 Å². The first kappa shape index (κ1) is 29.1. The van der Waals surface area contributed by atoms with E-state index in [0.29, 0.717) is 47.4 Å². The number of amides is 2. The van der Waals surface area contributed by atoms with E-state index in [1.54, 1.807) is 12.1 Å². The van der Waals surface area contributed by atoms with Crippen molar-refractivity contribution < 1.29 is 9.59 Å². The molecule has 0 saturated carbocycles. The molecule has 3 atom stereocenters. The van der Waals surface area contributed by atoms with Crippen LogP contribution < -0.4 is 5.73 Å². The first-order valence-corrected chi connectivity index (χ1v) is 16.3. The van der Waals surface area contributed by atoms with Crippen molar-refractivity contribution in [2.45, 2.75) is 75.4 Å². The normalized spacial score (nSPS) is 23.2. The highest BCUT2D eigenvalue weighted by atomic mass is 35.5. The van der Waals surface area contributed by atoms with Gasteiger partial charge in [0.25, 0.3) is 5.91 Å². The molecule has 3 fully saturated rings. The predicted molar refractivity (Wildman–Crippen MR) is 174 cm³/mol. The van der Waals surface area contributed by atoms with Crippen molar-refractivity contribution >= 4 is 34.4 Å². The number of halogens is 1. The number of piperidine rings is 2. The average molecular weight is 610 g/mol. The number of hydrogen-bond acceptors (Lipinski definition) is 4. The maximum Gasteiger partial charge on any atom is 0.255 e. The van der Waals surface area contributed by atoms with E-state index in [0.717, 1.165) is 37.1 Å². The summed E-state index contributed by atoms with van der Waals surface area (Å²) in [4.78, 5) is 34.9. The Hall–Kier alpha value is -3.68. The van der Waals surface area contributed by atoms with Gasteiger partial charge >= 0.3 is 0 Å². The Morgan fingerprint density at radius 2 is 1.61 bits per heavy atom. The second-order valence-electron chi connectivity index (χ2n) is 13.0. The van der Waals surface area contributed by atoms with Gasteiger partial charge in [-0.1, -0.05) is 54.1 Å². The van der Waals surface area contributed by atoms with Crippen LogP contribution in [0.3, 0.4) is 0 Å². The molecule has 3 aromatic carbocycles.